The van der Waals surface area contributed by atoms with Gasteiger partial charge < -0.3 is 14.8 Å². The molecule has 6 heteroatoms. The minimum Gasteiger partial charge on any atom is -0.340 e. The number of amides is 2. The van der Waals surface area contributed by atoms with E-state index in [2.05, 4.69) is 4.98 Å². The van der Waals surface area contributed by atoms with Gasteiger partial charge in [0.05, 0.1) is 17.5 Å². The maximum Gasteiger partial charge on any atom is 0.227 e. The molecule has 0 aliphatic carbocycles. The number of nitrogens with zero attached hydrogens (tertiary/aromatic N) is 3. The van der Waals surface area contributed by atoms with E-state index >= 15 is 0 Å². The molecule has 4 rings (SSSR count). The van der Waals surface area contributed by atoms with Gasteiger partial charge in [-0.2, -0.15) is 0 Å². The van der Waals surface area contributed by atoms with Crippen LogP contribution in [0.15, 0.2) is 54.6 Å². The summed E-state index contributed by atoms with van der Waals surface area (Å²) in [4.78, 5) is 37.8. The van der Waals surface area contributed by atoms with Gasteiger partial charge >= 0.3 is 0 Å². The molecule has 1 aromatic heterocycles. The standard InChI is InChI=1S/C24H28N4O2/c1-17(2)14-22(29)27-12-13-28(23(30)15-18-8-4-3-5-9-18)21(16-27)24-25-19-10-6-7-11-20(19)26-24/h3-11,17,21H,12-16H2,1-2H3,(H,25,26). The predicted octanol–water partition coefficient (Wildman–Crippen LogP) is 3.56. The topological polar surface area (TPSA) is 69.3 Å². The maximum atomic E-state index is 13.2. The molecule has 1 N–H and O–H groups in total. The molecule has 0 spiro atoms. The summed E-state index contributed by atoms with van der Waals surface area (Å²) in [6.07, 6.45) is 0.863. The van der Waals surface area contributed by atoms with Crippen molar-refractivity contribution in [3.8, 4) is 0 Å². The normalized spacial score (nSPS) is 17.0. The van der Waals surface area contributed by atoms with Crippen molar-refractivity contribution in [2.45, 2.75) is 32.7 Å². The van der Waals surface area contributed by atoms with Crippen LogP contribution in [-0.2, 0) is 16.0 Å². The van der Waals surface area contributed by atoms with Gasteiger partial charge in [-0.1, -0.05) is 56.3 Å². The summed E-state index contributed by atoms with van der Waals surface area (Å²) < 4.78 is 0. The van der Waals surface area contributed by atoms with E-state index in [1.807, 2.05) is 78.2 Å². The van der Waals surface area contributed by atoms with Gasteiger partial charge in [-0.3, -0.25) is 9.59 Å². The molecule has 30 heavy (non-hydrogen) atoms. The van der Waals surface area contributed by atoms with Crippen LogP contribution in [0.5, 0.6) is 0 Å². The molecule has 1 fully saturated rings. The molecule has 1 atom stereocenters. The lowest BCUT2D eigenvalue weighted by Crippen LogP contribution is -2.53. The second-order valence-electron chi connectivity index (χ2n) is 8.34. The van der Waals surface area contributed by atoms with Gasteiger partial charge in [0.25, 0.3) is 0 Å². The summed E-state index contributed by atoms with van der Waals surface area (Å²) in [7, 11) is 0. The first-order chi connectivity index (χ1) is 14.5. The number of rotatable bonds is 5. The lowest BCUT2D eigenvalue weighted by Gasteiger charge is -2.41. The Bertz CT molecular complexity index is 995. The number of nitrogens with one attached hydrogen (secondary N) is 1. The van der Waals surface area contributed by atoms with Crippen molar-refractivity contribution in [3.05, 3.63) is 66.0 Å². The van der Waals surface area contributed by atoms with E-state index in [4.69, 9.17) is 4.98 Å². The number of carbonyl (C=O) groups is 2. The molecular formula is C24H28N4O2. The molecule has 2 heterocycles. The fraction of sp³-hybridized carbons (Fsp3) is 0.375. The minimum atomic E-state index is -0.279. The van der Waals surface area contributed by atoms with Gasteiger partial charge in [-0.15, -0.1) is 0 Å². The van der Waals surface area contributed by atoms with E-state index < -0.39 is 0 Å². The van der Waals surface area contributed by atoms with Crippen molar-refractivity contribution >= 4 is 22.8 Å². The molecule has 0 saturated carbocycles. The molecule has 1 aliphatic rings. The smallest absolute Gasteiger partial charge is 0.227 e. The number of piperazine rings is 1. The van der Waals surface area contributed by atoms with E-state index in [9.17, 15) is 9.59 Å². The molecule has 1 saturated heterocycles. The number of aromatic nitrogens is 2. The summed E-state index contributed by atoms with van der Waals surface area (Å²) in [6, 6.07) is 17.3. The van der Waals surface area contributed by atoms with Crippen LogP contribution >= 0.6 is 0 Å². The average molecular weight is 405 g/mol. The summed E-state index contributed by atoms with van der Waals surface area (Å²) in [5, 5.41) is 0. The van der Waals surface area contributed by atoms with Crippen molar-refractivity contribution in [1.82, 2.24) is 19.8 Å². The van der Waals surface area contributed by atoms with Crippen molar-refractivity contribution in [2.24, 2.45) is 5.92 Å². The van der Waals surface area contributed by atoms with Crippen LogP contribution in [0.3, 0.4) is 0 Å². The predicted molar refractivity (Wildman–Crippen MR) is 117 cm³/mol. The number of carbonyl (C=O) groups excluding carboxylic acids is 2. The summed E-state index contributed by atoms with van der Waals surface area (Å²) in [5.41, 5.74) is 2.80. The Hall–Kier alpha value is -3.15. The molecule has 2 aromatic carbocycles. The summed E-state index contributed by atoms with van der Waals surface area (Å²) in [6.45, 7) is 5.63. The Morgan fingerprint density at radius 3 is 2.50 bits per heavy atom. The molecule has 6 nitrogen and oxygen atoms in total. The zero-order valence-corrected chi connectivity index (χ0v) is 17.5. The number of hydrogen-bond acceptors (Lipinski definition) is 3. The average Bonchev–Trinajstić information content (AvgIpc) is 3.17. The van der Waals surface area contributed by atoms with Gasteiger partial charge in [-0.25, -0.2) is 4.98 Å². The Labute approximate surface area is 176 Å². The van der Waals surface area contributed by atoms with Gasteiger partial charge in [0.1, 0.15) is 11.9 Å². The number of fused-ring (bicyclic) bond motifs is 1. The lowest BCUT2D eigenvalue weighted by molar-refractivity contribution is -0.143. The van der Waals surface area contributed by atoms with Crippen LogP contribution in [0.2, 0.25) is 0 Å². The maximum absolute atomic E-state index is 13.2. The van der Waals surface area contributed by atoms with Crippen LogP contribution in [0.4, 0.5) is 0 Å². The number of hydrogen-bond donors (Lipinski definition) is 1. The highest BCUT2D eigenvalue weighted by Crippen LogP contribution is 2.27. The second kappa shape index (κ2) is 8.69. The first-order valence-electron chi connectivity index (χ1n) is 10.6. The van der Waals surface area contributed by atoms with E-state index in [0.717, 1.165) is 22.4 Å². The van der Waals surface area contributed by atoms with Crippen molar-refractivity contribution in [3.63, 3.8) is 0 Å². The SMILES string of the molecule is CC(C)CC(=O)N1CCN(C(=O)Cc2ccccc2)C(c2nc3ccccc3[nH]2)C1. The Morgan fingerprint density at radius 2 is 1.77 bits per heavy atom. The van der Waals surface area contributed by atoms with E-state index in [1.54, 1.807) is 0 Å². The van der Waals surface area contributed by atoms with E-state index in [1.165, 1.54) is 0 Å². The monoisotopic (exact) mass is 404 g/mol. The summed E-state index contributed by atoms with van der Waals surface area (Å²) >= 11 is 0. The number of H-pyrrole nitrogens is 1. The number of aromatic amines is 1. The third-order valence-corrected chi connectivity index (χ3v) is 5.56. The molecule has 0 radical (unpaired) electrons. The third kappa shape index (κ3) is 4.37. The van der Waals surface area contributed by atoms with Crippen LogP contribution < -0.4 is 0 Å². The Kier molecular flexibility index (Phi) is 5.84. The van der Waals surface area contributed by atoms with Gasteiger partial charge in [-0.05, 0) is 23.6 Å². The quantitative estimate of drug-likeness (QED) is 0.707. The highest BCUT2D eigenvalue weighted by Gasteiger charge is 2.35. The molecular weight excluding hydrogens is 376 g/mol. The van der Waals surface area contributed by atoms with Gasteiger partial charge in [0.2, 0.25) is 11.8 Å². The third-order valence-electron chi connectivity index (χ3n) is 5.56. The van der Waals surface area contributed by atoms with Gasteiger partial charge in [0, 0.05) is 26.1 Å². The second-order valence-corrected chi connectivity index (χ2v) is 8.34. The van der Waals surface area contributed by atoms with Crippen LogP contribution in [0, 0.1) is 5.92 Å². The zero-order valence-electron chi connectivity index (χ0n) is 17.5. The largest absolute Gasteiger partial charge is 0.340 e. The van der Waals surface area contributed by atoms with Crippen molar-refractivity contribution < 1.29 is 9.59 Å². The molecule has 2 amide bonds. The van der Waals surface area contributed by atoms with E-state index in [-0.39, 0.29) is 17.9 Å². The van der Waals surface area contributed by atoms with Crippen molar-refractivity contribution in [1.29, 1.82) is 0 Å². The molecule has 1 aliphatic heterocycles. The Balaban J connectivity index is 1.61. The van der Waals surface area contributed by atoms with Gasteiger partial charge in [0.15, 0.2) is 0 Å². The number of imidazole rings is 1. The van der Waals surface area contributed by atoms with Crippen molar-refractivity contribution in [2.75, 3.05) is 19.6 Å². The molecule has 1 unspecified atom stereocenters. The highest BCUT2D eigenvalue weighted by atomic mass is 16.2. The van der Waals surface area contributed by atoms with E-state index in [0.29, 0.717) is 38.4 Å². The minimum absolute atomic E-state index is 0.0580. The fourth-order valence-electron chi connectivity index (χ4n) is 4.02. The first-order valence-corrected chi connectivity index (χ1v) is 10.6. The highest BCUT2D eigenvalue weighted by molar-refractivity contribution is 5.81. The lowest BCUT2D eigenvalue weighted by atomic mass is 10.1. The van der Waals surface area contributed by atoms with Crippen LogP contribution in [-0.4, -0.2) is 51.2 Å². The zero-order chi connectivity index (χ0) is 21.1. The Morgan fingerprint density at radius 1 is 1.03 bits per heavy atom. The van der Waals surface area contributed by atoms with Crippen LogP contribution in [0.1, 0.15) is 37.7 Å². The molecule has 156 valence electrons. The number of benzene rings is 2. The molecule has 0 bridgehead atoms. The first kappa shape index (κ1) is 20.1. The molecule has 3 aromatic rings. The van der Waals surface area contributed by atoms with Crippen LogP contribution in [0.25, 0.3) is 11.0 Å². The summed E-state index contributed by atoms with van der Waals surface area (Å²) in [5.74, 6) is 1.24. The number of para-hydroxylation sites is 2. The fourth-order valence-corrected chi connectivity index (χ4v) is 4.02.